The molecule has 0 aliphatic carbocycles. The summed E-state index contributed by atoms with van der Waals surface area (Å²) in [5.41, 5.74) is 1.56. The second kappa shape index (κ2) is 7.90. The molecule has 152 valence electrons. The highest BCUT2D eigenvalue weighted by atomic mass is 19.1. The van der Waals surface area contributed by atoms with Crippen LogP contribution in [0, 0.1) is 11.6 Å². The summed E-state index contributed by atoms with van der Waals surface area (Å²) in [4.78, 5) is 29.9. The van der Waals surface area contributed by atoms with Gasteiger partial charge < -0.3 is 5.32 Å². The molecule has 0 saturated carbocycles. The Morgan fingerprint density at radius 1 is 1.10 bits per heavy atom. The van der Waals surface area contributed by atoms with Crippen molar-refractivity contribution in [1.29, 1.82) is 0 Å². The molecule has 1 N–H and O–H groups in total. The van der Waals surface area contributed by atoms with Gasteiger partial charge in [0.2, 0.25) is 5.91 Å². The van der Waals surface area contributed by atoms with Crippen LogP contribution in [0.25, 0.3) is 16.7 Å². The Labute approximate surface area is 170 Å². The zero-order chi connectivity index (χ0) is 21.3. The summed E-state index contributed by atoms with van der Waals surface area (Å²) in [5, 5.41) is 2.77. The lowest BCUT2D eigenvalue weighted by molar-refractivity contribution is -0.117. The molecule has 0 aliphatic rings. The van der Waals surface area contributed by atoms with E-state index >= 15 is 0 Å². The van der Waals surface area contributed by atoms with Crippen LogP contribution in [-0.4, -0.2) is 20.3 Å². The number of pyridine rings is 1. The molecule has 0 atom stereocenters. The molecule has 4 rings (SSSR count). The normalized spacial score (nSPS) is 11.0. The third kappa shape index (κ3) is 3.59. The topological polar surface area (TPSA) is 68.9 Å². The Balaban J connectivity index is 1.75. The largest absolute Gasteiger partial charge is 0.322 e. The van der Waals surface area contributed by atoms with Gasteiger partial charge in [0.05, 0.1) is 16.8 Å². The quantitative estimate of drug-likeness (QED) is 0.548. The summed E-state index contributed by atoms with van der Waals surface area (Å²) in [5.74, 6) is -2.20. The van der Waals surface area contributed by atoms with Crippen LogP contribution in [0.4, 0.5) is 14.5 Å². The molecule has 0 spiro atoms. The van der Waals surface area contributed by atoms with Crippen molar-refractivity contribution >= 4 is 22.6 Å². The molecule has 0 saturated heterocycles. The first kappa shape index (κ1) is 19.5. The third-order valence-electron chi connectivity index (χ3n) is 4.78. The molecule has 0 unspecified atom stereocenters. The molecule has 1 amide bonds. The summed E-state index contributed by atoms with van der Waals surface area (Å²) >= 11 is 0. The van der Waals surface area contributed by atoms with Crippen molar-refractivity contribution in [2.45, 2.75) is 19.9 Å². The number of hydrogen-bond acceptors (Lipinski definition) is 3. The minimum absolute atomic E-state index is 0.146. The fraction of sp³-hybridized carbons (Fsp3) is 0.136. The number of halogens is 2. The smallest absolute Gasteiger partial charge is 0.280 e. The van der Waals surface area contributed by atoms with Gasteiger partial charge in [0.15, 0.2) is 5.65 Å². The summed E-state index contributed by atoms with van der Waals surface area (Å²) in [6.07, 6.45) is 2.38. The van der Waals surface area contributed by atoms with E-state index in [1.807, 2.05) is 19.1 Å². The van der Waals surface area contributed by atoms with Crippen molar-refractivity contribution in [3.8, 4) is 5.69 Å². The Morgan fingerprint density at radius 3 is 2.57 bits per heavy atom. The fourth-order valence-electron chi connectivity index (χ4n) is 3.28. The van der Waals surface area contributed by atoms with Gasteiger partial charge in [-0.3, -0.25) is 14.3 Å². The van der Waals surface area contributed by atoms with Gasteiger partial charge in [-0.15, -0.1) is 0 Å². The number of benzene rings is 2. The van der Waals surface area contributed by atoms with E-state index in [1.54, 1.807) is 24.3 Å². The summed E-state index contributed by atoms with van der Waals surface area (Å²) in [6.45, 7) is 1.74. The van der Waals surface area contributed by atoms with Crippen LogP contribution in [0.3, 0.4) is 0 Å². The van der Waals surface area contributed by atoms with Gasteiger partial charge in [-0.2, -0.15) is 0 Å². The van der Waals surface area contributed by atoms with Gasteiger partial charge in [-0.25, -0.2) is 18.4 Å². The number of hydrogen-bond donors (Lipinski definition) is 1. The molecule has 0 radical (unpaired) electrons. The van der Waals surface area contributed by atoms with E-state index in [-0.39, 0.29) is 17.8 Å². The number of nitrogens with one attached hydrogen (secondary N) is 1. The van der Waals surface area contributed by atoms with Gasteiger partial charge in [-0.1, -0.05) is 19.1 Å². The van der Waals surface area contributed by atoms with Gasteiger partial charge in [0, 0.05) is 12.3 Å². The Morgan fingerprint density at radius 2 is 1.87 bits per heavy atom. The second-order valence-corrected chi connectivity index (χ2v) is 6.74. The number of carbonyl (C=O) groups excluding carboxylic acids is 1. The summed E-state index contributed by atoms with van der Waals surface area (Å²) < 4.78 is 29.8. The molecular weight excluding hydrogens is 390 g/mol. The lowest BCUT2D eigenvalue weighted by Crippen LogP contribution is -2.27. The number of fused-ring (bicyclic) bond motifs is 1. The number of aryl methyl sites for hydroxylation is 1. The number of amides is 1. The Kier molecular flexibility index (Phi) is 5.14. The van der Waals surface area contributed by atoms with E-state index in [0.29, 0.717) is 22.8 Å². The van der Waals surface area contributed by atoms with E-state index in [4.69, 9.17) is 0 Å². The van der Waals surface area contributed by atoms with Crippen LogP contribution in [0.5, 0.6) is 0 Å². The van der Waals surface area contributed by atoms with Crippen molar-refractivity contribution in [1.82, 2.24) is 14.3 Å². The first-order chi connectivity index (χ1) is 14.5. The second-order valence-electron chi connectivity index (χ2n) is 6.74. The molecule has 0 aliphatic heterocycles. The van der Waals surface area contributed by atoms with Gasteiger partial charge in [0.25, 0.3) is 5.56 Å². The molecule has 0 fully saturated rings. The van der Waals surface area contributed by atoms with Crippen molar-refractivity contribution < 1.29 is 13.6 Å². The highest BCUT2D eigenvalue weighted by Gasteiger charge is 2.18. The first-order valence-corrected chi connectivity index (χ1v) is 9.38. The van der Waals surface area contributed by atoms with Crippen LogP contribution in [0.1, 0.15) is 12.5 Å². The number of aromatic nitrogens is 3. The molecule has 2 aromatic carbocycles. The van der Waals surface area contributed by atoms with Crippen LogP contribution < -0.4 is 10.9 Å². The van der Waals surface area contributed by atoms with E-state index < -0.39 is 17.5 Å². The highest BCUT2D eigenvalue weighted by Crippen LogP contribution is 2.17. The van der Waals surface area contributed by atoms with Gasteiger partial charge in [-0.05, 0) is 48.4 Å². The van der Waals surface area contributed by atoms with Crippen molar-refractivity contribution in [3.63, 3.8) is 0 Å². The lowest BCUT2D eigenvalue weighted by Gasteiger charge is -2.13. The maximum atomic E-state index is 13.9. The van der Waals surface area contributed by atoms with Crippen molar-refractivity contribution in [3.05, 3.63) is 88.3 Å². The van der Waals surface area contributed by atoms with E-state index in [0.717, 1.165) is 24.1 Å². The van der Waals surface area contributed by atoms with Crippen LogP contribution in [0.2, 0.25) is 0 Å². The van der Waals surface area contributed by atoms with E-state index in [2.05, 4.69) is 10.3 Å². The summed E-state index contributed by atoms with van der Waals surface area (Å²) in [7, 11) is 0. The molecule has 8 heteroatoms. The fourth-order valence-corrected chi connectivity index (χ4v) is 3.28. The minimum atomic E-state index is -0.883. The predicted molar refractivity (Wildman–Crippen MR) is 110 cm³/mol. The van der Waals surface area contributed by atoms with E-state index in [1.165, 1.54) is 15.6 Å². The Bertz CT molecular complexity index is 1290. The first-order valence-electron chi connectivity index (χ1n) is 9.38. The monoisotopic (exact) mass is 408 g/mol. The number of rotatable bonds is 5. The maximum absolute atomic E-state index is 13.9. The Hall–Kier alpha value is -3.81. The van der Waals surface area contributed by atoms with Gasteiger partial charge >= 0.3 is 0 Å². The minimum Gasteiger partial charge on any atom is -0.322 e. The molecule has 30 heavy (non-hydrogen) atoms. The average Bonchev–Trinajstić information content (AvgIpc) is 3.02. The zero-order valence-electron chi connectivity index (χ0n) is 16.1. The molecule has 4 aromatic rings. The molecule has 2 heterocycles. The molecular formula is C22H18F2N4O2. The number of anilines is 1. The zero-order valence-corrected chi connectivity index (χ0v) is 16.1. The SMILES string of the molecule is CCc1ccc(-n2c(=O)c3cccnc3n2CC(=O)Nc2ccc(F)cc2F)cc1. The predicted octanol–water partition coefficient (Wildman–Crippen LogP) is 3.67. The standard InChI is InChI=1S/C22H18F2N4O2/c1-2-14-5-8-16(9-6-14)28-22(30)17-4-3-11-25-21(17)27(28)13-20(29)26-19-10-7-15(23)12-18(19)24/h3-12H,2,13H2,1H3,(H,26,29). The van der Waals surface area contributed by atoms with Crippen LogP contribution in [-0.2, 0) is 17.8 Å². The average molecular weight is 408 g/mol. The molecule has 6 nitrogen and oxygen atoms in total. The molecule has 0 bridgehead atoms. The maximum Gasteiger partial charge on any atom is 0.280 e. The highest BCUT2D eigenvalue weighted by molar-refractivity contribution is 5.91. The van der Waals surface area contributed by atoms with Crippen molar-refractivity contribution in [2.75, 3.05) is 5.32 Å². The van der Waals surface area contributed by atoms with E-state index in [9.17, 15) is 18.4 Å². The number of carbonyl (C=O) groups is 1. The van der Waals surface area contributed by atoms with Crippen molar-refractivity contribution in [2.24, 2.45) is 0 Å². The van der Waals surface area contributed by atoms with Crippen LogP contribution >= 0.6 is 0 Å². The van der Waals surface area contributed by atoms with Gasteiger partial charge in [0.1, 0.15) is 18.2 Å². The molecule has 2 aromatic heterocycles. The number of nitrogens with zero attached hydrogens (tertiary/aromatic N) is 3. The summed E-state index contributed by atoms with van der Waals surface area (Å²) in [6, 6.07) is 13.6. The van der Waals surface area contributed by atoms with Crippen LogP contribution in [0.15, 0.2) is 65.6 Å². The lowest BCUT2D eigenvalue weighted by atomic mass is 10.1. The third-order valence-corrected chi connectivity index (χ3v) is 4.78.